The molecule has 0 saturated carbocycles. The molecule has 4 nitrogen and oxygen atoms in total. The molecule has 1 unspecified atom stereocenters. The SMILES string of the molecule is CCO[SiH](OCC)C(C)N1CCOCC1. The number of nitrogens with zero attached hydrogens (tertiary/aromatic N) is 1. The molecule has 1 fully saturated rings. The molecule has 0 bridgehead atoms. The maximum absolute atomic E-state index is 5.73. The maximum Gasteiger partial charge on any atom is 0.338 e. The lowest BCUT2D eigenvalue weighted by Gasteiger charge is -2.35. The highest BCUT2D eigenvalue weighted by Gasteiger charge is 2.28. The van der Waals surface area contributed by atoms with E-state index in [4.69, 9.17) is 13.6 Å². The summed E-state index contributed by atoms with van der Waals surface area (Å²) in [6.07, 6.45) is 0. The van der Waals surface area contributed by atoms with E-state index in [0.29, 0.717) is 5.67 Å². The Bertz CT molecular complexity index is 159. The van der Waals surface area contributed by atoms with Gasteiger partial charge in [-0.3, -0.25) is 4.90 Å². The van der Waals surface area contributed by atoms with Crippen molar-refractivity contribution >= 4 is 9.28 Å². The highest BCUT2D eigenvalue weighted by Crippen LogP contribution is 2.08. The minimum atomic E-state index is -1.53. The third-order valence-corrected chi connectivity index (χ3v) is 5.21. The predicted octanol–water partition coefficient (Wildman–Crippen LogP) is 0.540. The van der Waals surface area contributed by atoms with E-state index in [-0.39, 0.29) is 0 Å². The summed E-state index contributed by atoms with van der Waals surface area (Å²) < 4.78 is 16.8. The Labute approximate surface area is 94.3 Å². The van der Waals surface area contributed by atoms with Crippen molar-refractivity contribution < 1.29 is 13.6 Å². The first kappa shape index (κ1) is 13.1. The number of ether oxygens (including phenoxy) is 1. The normalized spacial score (nSPS) is 20.8. The maximum atomic E-state index is 5.73. The molecule has 1 atom stereocenters. The van der Waals surface area contributed by atoms with Crippen LogP contribution in [0.15, 0.2) is 0 Å². The van der Waals surface area contributed by atoms with E-state index in [9.17, 15) is 0 Å². The fourth-order valence-electron chi connectivity index (χ4n) is 1.81. The van der Waals surface area contributed by atoms with Gasteiger partial charge >= 0.3 is 9.28 Å². The first-order valence-electron chi connectivity index (χ1n) is 5.84. The molecule has 1 rings (SSSR count). The molecule has 0 aromatic heterocycles. The molecule has 15 heavy (non-hydrogen) atoms. The summed E-state index contributed by atoms with van der Waals surface area (Å²) in [5, 5.41) is 0. The van der Waals surface area contributed by atoms with Crippen molar-refractivity contribution in [2.24, 2.45) is 0 Å². The van der Waals surface area contributed by atoms with Crippen molar-refractivity contribution in [3.63, 3.8) is 0 Å². The average molecular weight is 233 g/mol. The third kappa shape index (κ3) is 4.20. The zero-order valence-corrected chi connectivity index (χ0v) is 11.2. The van der Waals surface area contributed by atoms with Crippen LogP contribution in [0.25, 0.3) is 0 Å². The van der Waals surface area contributed by atoms with E-state index < -0.39 is 9.28 Å². The van der Waals surface area contributed by atoms with Crippen LogP contribution in [0.4, 0.5) is 0 Å². The largest absolute Gasteiger partial charge is 0.396 e. The Morgan fingerprint density at radius 3 is 2.20 bits per heavy atom. The van der Waals surface area contributed by atoms with Crippen LogP contribution in [0.2, 0.25) is 0 Å². The molecule has 1 aliphatic heterocycles. The van der Waals surface area contributed by atoms with Gasteiger partial charge in [0.1, 0.15) is 0 Å². The fourth-order valence-corrected chi connectivity index (χ4v) is 3.76. The van der Waals surface area contributed by atoms with Gasteiger partial charge in [-0.25, -0.2) is 0 Å². The molecule has 0 aromatic carbocycles. The van der Waals surface area contributed by atoms with Crippen LogP contribution in [0.5, 0.6) is 0 Å². The molecule has 1 heterocycles. The Balaban J connectivity index is 2.41. The van der Waals surface area contributed by atoms with Crippen LogP contribution in [0.3, 0.4) is 0 Å². The molecule has 1 saturated heterocycles. The minimum Gasteiger partial charge on any atom is -0.396 e. The van der Waals surface area contributed by atoms with Gasteiger partial charge in [-0.05, 0) is 20.8 Å². The van der Waals surface area contributed by atoms with Gasteiger partial charge in [0.15, 0.2) is 0 Å². The zero-order valence-electron chi connectivity index (χ0n) is 10.1. The predicted molar refractivity (Wildman–Crippen MR) is 62.3 cm³/mol. The lowest BCUT2D eigenvalue weighted by molar-refractivity contribution is 0.0245. The molecule has 0 radical (unpaired) electrons. The average Bonchev–Trinajstić information content (AvgIpc) is 2.29. The van der Waals surface area contributed by atoms with Crippen LogP contribution < -0.4 is 0 Å². The topological polar surface area (TPSA) is 30.9 Å². The highest BCUT2D eigenvalue weighted by atomic mass is 28.3. The van der Waals surface area contributed by atoms with Crippen molar-refractivity contribution in [2.75, 3.05) is 39.5 Å². The van der Waals surface area contributed by atoms with Crippen molar-refractivity contribution in [1.29, 1.82) is 0 Å². The summed E-state index contributed by atoms with van der Waals surface area (Å²) in [6.45, 7) is 11.5. The van der Waals surface area contributed by atoms with Crippen LogP contribution >= 0.6 is 0 Å². The summed E-state index contributed by atoms with van der Waals surface area (Å²) in [5.41, 5.74) is 0.439. The van der Waals surface area contributed by atoms with Gasteiger partial charge in [-0.1, -0.05) is 0 Å². The minimum absolute atomic E-state index is 0.439. The lowest BCUT2D eigenvalue weighted by atomic mass is 10.4. The second-order valence-corrected chi connectivity index (χ2v) is 6.04. The zero-order chi connectivity index (χ0) is 11.1. The van der Waals surface area contributed by atoms with E-state index in [1.165, 1.54) is 0 Å². The van der Waals surface area contributed by atoms with Crippen molar-refractivity contribution in [3.8, 4) is 0 Å². The van der Waals surface area contributed by atoms with E-state index in [1.54, 1.807) is 0 Å². The van der Waals surface area contributed by atoms with Crippen molar-refractivity contribution in [2.45, 2.75) is 26.4 Å². The summed E-state index contributed by atoms with van der Waals surface area (Å²) in [6, 6.07) is 0. The molecule has 0 amide bonds. The number of hydrogen-bond donors (Lipinski definition) is 0. The molecule has 0 aromatic rings. The Morgan fingerprint density at radius 2 is 1.73 bits per heavy atom. The standard InChI is InChI=1S/C10H23NO3Si/c1-4-13-15(14-5-2)10(3)11-6-8-12-9-7-11/h10,15H,4-9H2,1-3H3. The van der Waals surface area contributed by atoms with Crippen molar-refractivity contribution in [3.05, 3.63) is 0 Å². The number of rotatable bonds is 6. The van der Waals surface area contributed by atoms with E-state index >= 15 is 0 Å². The summed E-state index contributed by atoms with van der Waals surface area (Å²) in [5.74, 6) is 0. The summed E-state index contributed by atoms with van der Waals surface area (Å²) in [4.78, 5) is 2.42. The van der Waals surface area contributed by atoms with Gasteiger partial charge in [0.05, 0.1) is 13.2 Å². The summed E-state index contributed by atoms with van der Waals surface area (Å²) >= 11 is 0. The first-order chi connectivity index (χ1) is 7.29. The Hall–Kier alpha value is 0.0569. The van der Waals surface area contributed by atoms with Gasteiger partial charge in [0.25, 0.3) is 0 Å². The van der Waals surface area contributed by atoms with Gasteiger partial charge < -0.3 is 13.6 Å². The second-order valence-electron chi connectivity index (χ2n) is 3.67. The van der Waals surface area contributed by atoms with Crippen molar-refractivity contribution in [1.82, 2.24) is 4.90 Å². The van der Waals surface area contributed by atoms with Gasteiger partial charge in [-0.2, -0.15) is 0 Å². The molecule has 0 N–H and O–H groups in total. The van der Waals surface area contributed by atoms with Crippen LogP contribution in [0, 0.1) is 0 Å². The third-order valence-electron chi connectivity index (χ3n) is 2.68. The molecule has 90 valence electrons. The molecule has 0 aliphatic carbocycles. The van der Waals surface area contributed by atoms with Gasteiger partial charge in [0.2, 0.25) is 0 Å². The second kappa shape index (κ2) is 7.35. The highest BCUT2D eigenvalue weighted by molar-refractivity contribution is 6.46. The van der Waals surface area contributed by atoms with Crippen LogP contribution in [-0.4, -0.2) is 59.4 Å². The smallest absolute Gasteiger partial charge is 0.338 e. The van der Waals surface area contributed by atoms with Crippen LogP contribution in [-0.2, 0) is 13.6 Å². The van der Waals surface area contributed by atoms with E-state index in [0.717, 1.165) is 39.5 Å². The monoisotopic (exact) mass is 233 g/mol. The number of morpholine rings is 1. The number of hydrogen-bond acceptors (Lipinski definition) is 4. The Kier molecular flexibility index (Phi) is 6.43. The van der Waals surface area contributed by atoms with E-state index in [2.05, 4.69) is 11.8 Å². The van der Waals surface area contributed by atoms with Gasteiger partial charge in [-0.15, -0.1) is 0 Å². The summed E-state index contributed by atoms with van der Waals surface area (Å²) in [7, 11) is -1.53. The van der Waals surface area contributed by atoms with Gasteiger partial charge in [0, 0.05) is 32.0 Å². The molecule has 5 heteroatoms. The lowest BCUT2D eigenvalue weighted by Crippen LogP contribution is -2.51. The molecular formula is C10H23NO3Si. The van der Waals surface area contributed by atoms with E-state index in [1.807, 2.05) is 13.8 Å². The quantitative estimate of drug-likeness (QED) is 0.627. The fraction of sp³-hybridized carbons (Fsp3) is 1.00. The first-order valence-corrected chi connectivity index (χ1v) is 7.45. The molecular weight excluding hydrogens is 210 g/mol. The molecule has 1 aliphatic rings. The Morgan fingerprint density at radius 1 is 1.20 bits per heavy atom. The molecule has 0 spiro atoms. The van der Waals surface area contributed by atoms with Crippen LogP contribution in [0.1, 0.15) is 20.8 Å².